The number of aromatic nitrogens is 2. The molecule has 0 aliphatic carbocycles. The van der Waals surface area contributed by atoms with Crippen molar-refractivity contribution in [2.45, 2.75) is 18.4 Å². The lowest BCUT2D eigenvalue weighted by Crippen LogP contribution is -2.50. The number of amides is 1. The van der Waals surface area contributed by atoms with Crippen molar-refractivity contribution in [2.75, 3.05) is 26.2 Å². The first-order valence-corrected chi connectivity index (χ1v) is 11.3. The van der Waals surface area contributed by atoms with E-state index in [4.69, 9.17) is 9.15 Å². The van der Waals surface area contributed by atoms with Crippen LogP contribution in [0.3, 0.4) is 0 Å². The molecule has 1 aliphatic heterocycles. The van der Waals surface area contributed by atoms with Gasteiger partial charge >= 0.3 is 0 Å². The first kappa shape index (κ1) is 21.1. The van der Waals surface area contributed by atoms with Gasteiger partial charge in [-0.25, -0.2) is 8.42 Å². The van der Waals surface area contributed by atoms with Gasteiger partial charge in [-0.3, -0.25) is 9.48 Å². The minimum Gasteiger partial charge on any atom is -0.485 e. The van der Waals surface area contributed by atoms with E-state index in [1.54, 1.807) is 24.1 Å². The first-order valence-electron chi connectivity index (χ1n) is 9.90. The molecule has 0 saturated carbocycles. The lowest BCUT2D eigenvalue weighted by Gasteiger charge is -2.33. The van der Waals surface area contributed by atoms with Gasteiger partial charge in [0.25, 0.3) is 5.91 Å². The molecule has 1 fully saturated rings. The number of nitrogens with zero attached hydrogens (tertiary/aromatic N) is 4. The van der Waals surface area contributed by atoms with E-state index in [1.165, 1.54) is 21.4 Å². The number of carbonyl (C=O) groups excluding carboxylic acids is 1. The van der Waals surface area contributed by atoms with Gasteiger partial charge in [-0.1, -0.05) is 18.2 Å². The number of hydrogen-bond donors (Lipinski definition) is 0. The Hall–Kier alpha value is -3.11. The van der Waals surface area contributed by atoms with E-state index in [0.717, 1.165) is 11.3 Å². The van der Waals surface area contributed by atoms with E-state index in [9.17, 15) is 13.2 Å². The zero-order valence-corrected chi connectivity index (χ0v) is 18.2. The van der Waals surface area contributed by atoms with Crippen molar-refractivity contribution in [3.05, 3.63) is 65.9 Å². The van der Waals surface area contributed by atoms with Crippen molar-refractivity contribution in [2.24, 2.45) is 7.05 Å². The summed E-state index contributed by atoms with van der Waals surface area (Å²) in [6.07, 6.45) is 2.80. The number of benzene rings is 1. The van der Waals surface area contributed by atoms with Crippen LogP contribution in [0.15, 0.2) is 58.1 Å². The van der Waals surface area contributed by atoms with Crippen LogP contribution < -0.4 is 4.74 Å². The Morgan fingerprint density at radius 2 is 1.87 bits per heavy atom. The molecule has 9 nitrogen and oxygen atoms in total. The van der Waals surface area contributed by atoms with Crippen molar-refractivity contribution >= 4 is 15.9 Å². The highest BCUT2D eigenvalue weighted by Crippen LogP contribution is 2.21. The fourth-order valence-corrected chi connectivity index (χ4v) is 4.81. The van der Waals surface area contributed by atoms with Crippen LogP contribution in [0.1, 0.15) is 21.9 Å². The Morgan fingerprint density at radius 3 is 2.55 bits per heavy atom. The molecule has 0 atom stereocenters. The van der Waals surface area contributed by atoms with Gasteiger partial charge in [0.1, 0.15) is 23.0 Å². The quantitative estimate of drug-likeness (QED) is 0.577. The van der Waals surface area contributed by atoms with Crippen LogP contribution in [0.25, 0.3) is 0 Å². The third-order valence-electron chi connectivity index (χ3n) is 5.18. The molecule has 3 heterocycles. The molecule has 31 heavy (non-hydrogen) atoms. The molecule has 0 unspecified atom stereocenters. The van der Waals surface area contributed by atoms with E-state index in [2.05, 4.69) is 5.10 Å². The third kappa shape index (κ3) is 4.49. The Morgan fingerprint density at radius 1 is 1.13 bits per heavy atom. The maximum absolute atomic E-state index is 12.8. The van der Waals surface area contributed by atoms with Crippen LogP contribution in [0.5, 0.6) is 5.75 Å². The van der Waals surface area contributed by atoms with Gasteiger partial charge < -0.3 is 14.1 Å². The number of carbonyl (C=O) groups is 1. The Bertz CT molecular complexity index is 1180. The largest absolute Gasteiger partial charge is 0.485 e. The summed E-state index contributed by atoms with van der Waals surface area (Å²) in [5.41, 5.74) is 1.02. The summed E-state index contributed by atoms with van der Waals surface area (Å²) in [5, 5.41) is 3.93. The van der Waals surface area contributed by atoms with Crippen LogP contribution in [0, 0.1) is 6.92 Å². The summed E-state index contributed by atoms with van der Waals surface area (Å²) in [7, 11) is -1.95. The third-order valence-corrected chi connectivity index (χ3v) is 7.03. The zero-order valence-electron chi connectivity index (χ0n) is 17.4. The monoisotopic (exact) mass is 444 g/mol. The minimum absolute atomic E-state index is 0.152. The summed E-state index contributed by atoms with van der Waals surface area (Å²) in [4.78, 5) is 14.5. The Balaban J connectivity index is 1.34. The topological polar surface area (TPSA) is 97.9 Å². The number of furan rings is 1. The highest BCUT2D eigenvalue weighted by atomic mass is 32.2. The molecule has 1 amide bonds. The number of aryl methyl sites for hydroxylation is 2. The molecule has 4 rings (SSSR count). The highest BCUT2D eigenvalue weighted by molar-refractivity contribution is 7.89. The van der Waals surface area contributed by atoms with Crippen molar-refractivity contribution in [1.82, 2.24) is 19.0 Å². The van der Waals surface area contributed by atoms with E-state index >= 15 is 0 Å². The molecule has 1 aliphatic rings. The fourth-order valence-electron chi connectivity index (χ4n) is 3.41. The van der Waals surface area contributed by atoms with Gasteiger partial charge in [-0.05, 0) is 30.7 Å². The van der Waals surface area contributed by atoms with E-state index in [-0.39, 0.29) is 49.3 Å². The smallest absolute Gasteiger partial charge is 0.289 e. The fraction of sp³-hybridized carbons (Fsp3) is 0.333. The predicted octanol–water partition coefficient (Wildman–Crippen LogP) is 2.05. The molecular formula is C21H24N4O5S. The lowest BCUT2D eigenvalue weighted by molar-refractivity contribution is 0.0662. The lowest BCUT2D eigenvalue weighted by atomic mass is 10.2. The predicted molar refractivity (Wildman–Crippen MR) is 112 cm³/mol. The van der Waals surface area contributed by atoms with E-state index in [1.807, 2.05) is 31.2 Å². The van der Waals surface area contributed by atoms with Gasteiger partial charge in [-0.15, -0.1) is 0 Å². The van der Waals surface area contributed by atoms with E-state index < -0.39 is 10.0 Å². The summed E-state index contributed by atoms with van der Waals surface area (Å²) in [5.74, 6) is 1.26. The molecule has 0 radical (unpaired) electrons. The number of sulfonamides is 1. The van der Waals surface area contributed by atoms with Crippen LogP contribution in [0.2, 0.25) is 0 Å². The van der Waals surface area contributed by atoms with Crippen molar-refractivity contribution in [3.63, 3.8) is 0 Å². The molecule has 1 saturated heterocycles. The summed E-state index contributed by atoms with van der Waals surface area (Å²) < 4.78 is 39.6. The van der Waals surface area contributed by atoms with Crippen LogP contribution >= 0.6 is 0 Å². The summed E-state index contributed by atoms with van der Waals surface area (Å²) in [6.45, 7) is 3.18. The minimum atomic E-state index is -3.62. The Kier molecular flexibility index (Phi) is 5.84. The van der Waals surface area contributed by atoms with Crippen molar-refractivity contribution in [3.8, 4) is 5.75 Å². The second kappa shape index (κ2) is 8.56. The van der Waals surface area contributed by atoms with E-state index in [0.29, 0.717) is 5.76 Å². The van der Waals surface area contributed by atoms with Crippen molar-refractivity contribution in [1.29, 1.82) is 0 Å². The number of rotatable bonds is 6. The van der Waals surface area contributed by atoms with Crippen LogP contribution in [0.4, 0.5) is 0 Å². The SMILES string of the molecule is Cc1ccccc1OCc1ccc(C(=O)N2CCN(S(=O)(=O)c3cnn(C)c3)CC2)o1. The number of hydrogen-bond acceptors (Lipinski definition) is 6. The van der Waals surface area contributed by atoms with Gasteiger partial charge in [0.15, 0.2) is 5.76 Å². The molecule has 0 N–H and O–H groups in total. The van der Waals surface area contributed by atoms with Gasteiger partial charge in [0, 0.05) is 39.4 Å². The molecular weight excluding hydrogens is 420 g/mol. The van der Waals surface area contributed by atoms with Gasteiger partial charge in [-0.2, -0.15) is 9.40 Å². The second-order valence-electron chi connectivity index (χ2n) is 7.37. The molecule has 10 heteroatoms. The summed E-state index contributed by atoms with van der Waals surface area (Å²) >= 11 is 0. The zero-order chi connectivity index (χ0) is 22.0. The Labute approximate surface area is 180 Å². The maximum atomic E-state index is 12.8. The van der Waals surface area contributed by atoms with Crippen molar-refractivity contribution < 1.29 is 22.4 Å². The number of para-hydroxylation sites is 1. The highest BCUT2D eigenvalue weighted by Gasteiger charge is 2.32. The second-order valence-corrected chi connectivity index (χ2v) is 9.30. The normalized spacial score (nSPS) is 15.2. The standard InChI is InChI=1S/C21H24N4O5S/c1-16-5-3-4-6-19(16)29-15-17-7-8-20(30-17)21(26)24-9-11-25(12-10-24)31(27,28)18-13-22-23(2)14-18/h3-8,13-14H,9-12,15H2,1-2H3. The van der Waals surface area contributed by atoms with Gasteiger partial charge in [0.2, 0.25) is 10.0 Å². The first-order chi connectivity index (χ1) is 14.8. The average Bonchev–Trinajstić information content (AvgIpc) is 3.42. The molecule has 1 aromatic carbocycles. The van der Waals surface area contributed by atoms with Crippen LogP contribution in [-0.2, 0) is 23.7 Å². The maximum Gasteiger partial charge on any atom is 0.289 e. The molecule has 164 valence electrons. The number of piperazine rings is 1. The molecule has 3 aromatic rings. The molecule has 0 bridgehead atoms. The summed E-state index contributed by atoms with van der Waals surface area (Å²) in [6, 6.07) is 11.0. The average molecular weight is 445 g/mol. The van der Waals surface area contributed by atoms with Gasteiger partial charge in [0.05, 0.1) is 6.20 Å². The molecule has 2 aromatic heterocycles. The van der Waals surface area contributed by atoms with Crippen LogP contribution in [-0.4, -0.2) is 59.5 Å². The number of ether oxygens (including phenoxy) is 1. The molecule has 0 spiro atoms.